The van der Waals surface area contributed by atoms with Gasteiger partial charge in [0.2, 0.25) is 0 Å². The summed E-state index contributed by atoms with van der Waals surface area (Å²) in [7, 11) is -3.41. The van der Waals surface area contributed by atoms with E-state index in [1.165, 1.54) is 18.2 Å². The molecule has 0 saturated heterocycles. The van der Waals surface area contributed by atoms with Crippen molar-refractivity contribution in [3.05, 3.63) is 41.5 Å². The number of benzene rings is 1. The van der Waals surface area contributed by atoms with E-state index in [1.807, 2.05) is 0 Å². The number of hydrogen-bond acceptors (Lipinski definition) is 7. The number of nitrogens with one attached hydrogen (secondary N) is 2. The maximum atomic E-state index is 13.4. The van der Waals surface area contributed by atoms with E-state index in [0.717, 1.165) is 12.1 Å². The lowest BCUT2D eigenvalue weighted by Crippen LogP contribution is -2.50. The quantitative estimate of drug-likeness (QED) is 0.230. The van der Waals surface area contributed by atoms with Crippen LogP contribution in [0.3, 0.4) is 0 Å². The van der Waals surface area contributed by atoms with Crippen molar-refractivity contribution in [2.75, 3.05) is 12.3 Å². The van der Waals surface area contributed by atoms with Crippen LogP contribution in [0.25, 0.3) is 5.57 Å². The van der Waals surface area contributed by atoms with Gasteiger partial charge in [-0.15, -0.1) is 0 Å². The zero-order valence-corrected chi connectivity index (χ0v) is 27.2. The monoisotopic (exact) mass is 632 g/mol. The molecule has 12 heteroatoms. The van der Waals surface area contributed by atoms with Crippen molar-refractivity contribution >= 4 is 27.5 Å². The average molecular weight is 633 g/mol. The summed E-state index contributed by atoms with van der Waals surface area (Å²) in [5.74, 6) is -1.08. The lowest BCUT2D eigenvalue weighted by atomic mass is 9.82. The first kappa shape index (κ1) is 36.6. The van der Waals surface area contributed by atoms with E-state index in [9.17, 15) is 31.2 Å². The van der Waals surface area contributed by atoms with Crippen LogP contribution >= 0.6 is 0 Å². The molecule has 1 aliphatic carbocycles. The highest BCUT2D eigenvalue weighted by molar-refractivity contribution is 7.91. The summed E-state index contributed by atoms with van der Waals surface area (Å²) in [5.41, 5.74) is -1.69. The minimum Gasteiger partial charge on any atom is -0.457 e. The number of sulfone groups is 1. The standard InChI is InChI=1S/C31H47F3N2O6S/c1-20(2)43(39,40)19-23-17-25(36-28(38)42-30(6,7)8)12-13-26(23)35-15-14-22(18-27(37)41-29(3,4)5)21-10-9-11-24(16-21)31(32,33)34/h9-11,16,18,20,23,25-26,35H,12-15,17,19H2,1-8H3,(H,36,38)/t23-,25-,26+/m0/s1. The number of carbonyl (C=O) groups is 2. The zero-order valence-electron chi connectivity index (χ0n) is 26.4. The lowest BCUT2D eigenvalue weighted by molar-refractivity contribution is -0.148. The second-order valence-corrected chi connectivity index (χ2v) is 16.0. The van der Waals surface area contributed by atoms with Crippen molar-refractivity contribution in [2.24, 2.45) is 5.92 Å². The van der Waals surface area contributed by atoms with Gasteiger partial charge in [0.05, 0.1) is 16.6 Å². The van der Waals surface area contributed by atoms with E-state index < -0.39 is 50.1 Å². The van der Waals surface area contributed by atoms with Crippen molar-refractivity contribution in [3.8, 4) is 0 Å². The third-order valence-corrected chi connectivity index (χ3v) is 9.26. The van der Waals surface area contributed by atoms with Gasteiger partial charge in [0.1, 0.15) is 11.2 Å². The molecule has 2 rings (SSSR count). The van der Waals surface area contributed by atoms with Gasteiger partial charge in [-0.3, -0.25) is 0 Å². The molecule has 0 radical (unpaired) electrons. The fourth-order valence-corrected chi connectivity index (χ4v) is 6.22. The molecule has 1 saturated carbocycles. The Bertz CT molecular complexity index is 1250. The predicted molar refractivity (Wildman–Crippen MR) is 161 cm³/mol. The average Bonchev–Trinajstić information content (AvgIpc) is 2.81. The van der Waals surface area contributed by atoms with E-state index >= 15 is 0 Å². The molecule has 244 valence electrons. The number of ether oxygens (including phenoxy) is 2. The Morgan fingerprint density at radius 1 is 1.02 bits per heavy atom. The highest BCUT2D eigenvalue weighted by Crippen LogP contribution is 2.32. The van der Waals surface area contributed by atoms with Gasteiger partial charge in [-0.1, -0.05) is 12.1 Å². The Kier molecular flexibility index (Phi) is 12.3. The molecule has 2 N–H and O–H groups in total. The van der Waals surface area contributed by atoms with Gasteiger partial charge in [-0.2, -0.15) is 13.2 Å². The van der Waals surface area contributed by atoms with Crippen LogP contribution in [0.1, 0.15) is 92.2 Å². The van der Waals surface area contributed by atoms with Crippen LogP contribution in [-0.2, 0) is 30.3 Å². The molecular weight excluding hydrogens is 585 g/mol. The number of rotatable bonds is 10. The van der Waals surface area contributed by atoms with Gasteiger partial charge in [-0.25, -0.2) is 18.0 Å². The molecular formula is C31H47F3N2O6S. The normalized spacial score (nSPS) is 20.6. The maximum Gasteiger partial charge on any atom is 0.416 e. The molecule has 0 spiro atoms. The van der Waals surface area contributed by atoms with E-state index in [1.54, 1.807) is 55.4 Å². The van der Waals surface area contributed by atoms with Gasteiger partial charge < -0.3 is 20.1 Å². The van der Waals surface area contributed by atoms with Crippen LogP contribution in [0.15, 0.2) is 30.3 Å². The Morgan fingerprint density at radius 3 is 2.21 bits per heavy atom. The molecule has 1 amide bonds. The molecule has 1 fully saturated rings. The summed E-state index contributed by atoms with van der Waals surface area (Å²) in [5, 5.41) is 5.67. The number of amides is 1. The number of alkyl halides is 3. The van der Waals surface area contributed by atoms with E-state index in [4.69, 9.17) is 9.47 Å². The molecule has 3 atom stereocenters. The van der Waals surface area contributed by atoms with Gasteiger partial charge >= 0.3 is 18.2 Å². The van der Waals surface area contributed by atoms with Gasteiger partial charge in [0, 0.05) is 18.2 Å². The van der Waals surface area contributed by atoms with E-state index in [-0.39, 0.29) is 42.3 Å². The topological polar surface area (TPSA) is 111 Å². The van der Waals surface area contributed by atoms with Crippen molar-refractivity contribution in [3.63, 3.8) is 0 Å². The number of carbonyl (C=O) groups excluding carboxylic acids is 2. The van der Waals surface area contributed by atoms with Crippen molar-refractivity contribution in [2.45, 2.75) is 116 Å². The summed E-state index contributed by atoms with van der Waals surface area (Å²) in [6, 6.07) is 4.28. The smallest absolute Gasteiger partial charge is 0.416 e. The van der Waals surface area contributed by atoms with Crippen molar-refractivity contribution < 1.29 is 40.7 Å². The number of esters is 1. The highest BCUT2D eigenvalue weighted by Gasteiger charge is 2.36. The number of halogens is 3. The van der Waals surface area contributed by atoms with Crippen LogP contribution in [0, 0.1) is 5.92 Å². The fourth-order valence-electron chi connectivity index (χ4n) is 4.87. The molecule has 0 unspecified atom stereocenters. The second kappa shape index (κ2) is 14.5. The third-order valence-electron chi connectivity index (χ3n) is 6.93. The Labute approximate surface area is 254 Å². The molecule has 1 aromatic carbocycles. The van der Waals surface area contributed by atoms with E-state index in [0.29, 0.717) is 24.8 Å². The second-order valence-electron chi connectivity index (χ2n) is 13.4. The van der Waals surface area contributed by atoms with Crippen LogP contribution in [0.5, 0.6) is 0 Å². The molecule has 0 aliphatic heterocycles. The molecule has 0 heterocycles. The lowest BCUT2D eigenvalue weighted by Gasteiger charge is -2.37. The molecule has 1 aliphatic rings. The molecule has 1 aromatic rings. The van der Waals surface area contributed by atoms with Crippen molar-refractivity contribution in [1.29, 1.82) is 0 Å². The first-order valence-corrected chi connectivity index (χ1v) is 16.3. The zero-order chi connectivity index (χ0) is 32.8. The number of hydrogen-bond donors (Lipinski definition) is 2. The maximum absolute atomic E-state index is 13.4. The molecule has 8 nitrogen and oxygen atoms in total. The largest absolute Gasteiger partial charge is 0.457 e. The van der Waals surface area contributed by atoms with E-state index in [2.05, 4.69) is 10.6 Å². The Balaban J connectivity index is 2.24. The van der Waals surface area contributed by atoms with Gasteiger partial charge in [0.25, 0.3) is 0 Å². The predicted octanol–water partition coefficient (Wildman–Crippen LogP) is 6.30. The van der Waals surface area contributed by atoms with Crippen molar-refractivity contribution in [1.82, 2.24) is 10.6 Å². The van der Waals surface area contributed by atoms with Gasteiger partial charge in [-0.05, 0) is 117 Å². The summed E-state index contributed by atoms with van der Waals surface area (Å²) in [4.78, 5) is 25.0. The SMILES string of the molecule is CC(C)S(=O)(=O)C[C@@H]1C[C@@H](NC(=O)OC(C)(C)C)CC[C@H]1NCCC(=CC(=O)OC(C)(C)C)c1cccc(C(F)(F)F)c1. The van der Waals surface area contributed by atoms with Crippen LogP contribution < -0.4 is 10.6 Å². The summed E-state index contributed by atoms with van der Waals surface area (Å²) < 4.78 is 76.8. The highest BCUT2D eigenvalue weighted by atomic mass is 32.2. The van der Waals surface area contributed by atoms with Gasteiger partial charge in [0.15, 0.2) is 9.84 Å². The minimum atomic E-state index is -4.55. The first-order valence-electron chi connectivity index (χ1n) is 14.6. The first-order chi connectivity index (χ1) is 19.6. The minimum absolute atomic E-state index is 0.0803. The molecule has 0 bridgehead atoms. The summed E-state index contributed by atoms with van der Waals surface area (Å²) >= 11 is 0. The van der Waals surface area contributed by atoms with Crippen LogP contribution in [-0.4, -0.2) is 61.3 Å². The summed E-state index contributed by atoms with van der Waals surface area (Å²) in [6.45, 7) is 13.9. The third kappa shape index (κ3) is 12.9. The fraction of sp³-hybridized carbons (Fsp3) is 0.677. The van der Waals surface area contributed by atoms with Crippen LogP contribution in [0.4, 0.5) is 18.0 Å². The summed E-state index contributed by atoms with van der Waals surface area (Å²) in [6.07, 6.45) is -2.14. The Morgan fingerprint density at radius 2 is 1.65 bits per heavy atom. The van der Waals surface area contributed by atoms with Crippen LogP contribution in [0.2, 0.25) is 0 Å². The number of alkyl carbamates (subject to hydrolysis) is 1. The Hall–Kier alpha value is -2.60. The molecule has 0 aromatic heterocycles. The molecule has 43 heavy (non-hydrogen) atoms.